The number of rotatable bonds is 2. The van der Waals surface area contributed by atoms with Crippen LogP contribution in [0.5, 0.6) is 0 Å². The molecule has 1 aromatic carbocycles. The Labute approximate surface area is 95.5 Å². The predicted octanol–water partition coefficient (Wildman–Crippen LogP) is 0.584. The Morgan fingerprint density at radius 2 is 1.94 bits per heavy atom. The zero-order valence-electron chi connectivity index (χ0n) is 9.19. The smallest absolute Gasteiger partial charge is 0.234 e. The van der Waals surface area contributed by atoms with Gasteiger partial charge in [-0.1, -0.05) is 36.6 Å². The third-order valence-electron chi connectivity index (χ3n) is 2.91. The molecule has 1 aliphatic rings. The van der Waals surface area contributed by atoms with Crippen LogP contribution in [0, 0.1) is 0 Å². The average molecular weight is 214 g/mol. The second kappa shape index (κ2) is 4.52. The van der Waals surface area contributed by atoms with Crippen molar-refractivity contribution in [2.45, 2.75) is 25.6 Å². The van der Waals surface area contributed by atoms with Gasteiger partial charge in [-0.15, -0.1) is 0 Å². The van der Waals surface area contributed by atoms with Gasteiger partial charge in [-0.25, -0.2) is 0 Å². The van der Waals surface area contributed by atoms with E-state index < -0.39 is 0 Å². The Bertz CT molecular complexity index is 414. The molecule has 0 aliphatic carbocycles. The third-order valence-corrected chi connectivity index (χ3v) is 2.91. The van der Waals surface area contributed by atoms with Gasteiger partial charge < -0.3 is 0 Å². The summed E-state index contributed by atoms with van der Waals surface area (Å²) in [5, 5.41) is 2.37. The highest BCUT2D eigenvalue weighted by Crippen LogP contribution is 2.23. The van der Waals surface area contributed by atoms with Crippen molar-refractivity contribution in [3.05, 3.63) is 29.8 Å². The maximum Gasteiger partial charge on any atom is 0.234 e. The molecule has 1 atom stereocenters. The summed E-state index contributed by atoms with van der Waals surface area (Å²) in [6.45, 7) is 1.97. The van der Waals surface area contributed by atoms with E-state index in [1.165, 1.54) is 0 Å². The van der Waals surface area contributed by atoms with E-state index in [1.54, 1.807) is 0 Å². The number of imide groups is 1. The van der Waals surface area contributed by atoms with Crippen LogP contribution in [0.15, 0.2) is 24.3 Å². The minimum absolute atomic E-state index is 0.167. The Morgan fingerprint density at radius 3 is 2.50 bits per heavy atom. The SMILES string of the molecule is C[B]c1ccc(C2CCC(=O)NC2=O)cc1. The van der Waals surface area contributed by atoms with Crippen LogP contribution >= 0.6 is 0 Å². The van der Waals surface area contributed by atoms with Crippen molar-refractivity contribution in [2.24, 2.45) is 0 Å². The monoisotopic (exact) mass is 214 g/mol. The van der Waals surface area contributed by atoms with Crippen molar-refractivity contribution >= 4 is 24.6 Å². The fourth-order valence-corrected chi connectivity index (χ4v) is 1.93. The maximum atomic E-state index is 11.6. The molecule has 16 heavy (non-hydrogen) atoms. The summed E-state index contributed by atoms with van der Waals surface area (Å²) < 4.78 is 0. The molecule has 1 N–H and O–H groups in total. The normalized spacial score (nSPS) is 20.4. The van der Waals surface area contributed by atoms with E-state index >= 15 is 0 Å². The van der Waals surface area contributed by atoms with Gasteiger partial charge in [0.15, 0.2) is 0 Å². The van der Waals surface area contributed by atoms with Gasteiger partial charge in [-0.05, 0) is 12.0 Å². The number of carbonyl (C=O) groups is 2. The summed E-state index contributed by atoms with van der Waals surface area (Å²) in [6.07, 6.45) is 1.04. The average Bonchev–Trinajstić information content (AvgIpc) is 2.29. The highest BCUT2D eigenvalue weighted by atomic mass is 16.2. The highest BCUT2D eigenvalue weighted by molar-refractivity contribution is 6.51. The van der Waals surface area contributed by atoms with Crippen LogP contribution < -0.4 is 10.8 Å². The second-order valence-electron chi connectivity index (χ2n) is 3.96. The minimum Gasteiger partial charge on any atom is -0.296 e. The van der Waals surface area contributed by atoms with E-state index in [-0.39, 0.29) is 17.7 Å². The van der Waals surface area contributed by atoms with Gasteiger partial charge in [0.05, 0.1) is 5.92 Å². The summed E-state index contributed by atoms with van der Waals surface area (Å²) in [4.78, 5) is 22.6. The first kappa shape index (κ1) is 10.9. The Kier molecular flexibility index (Phi) is 3.08. The molecule has 3 nitrogen and oxygen atoms in total. The molecule has 1 radical (unpaired) electrons. The van der Waals surface area contributed by atoms with Crippen LogP contribution in [0.1, 0.15) is 24.3 Å². The molecule has 1 unspecified atom stereocenters. The van der Waals surface area contributed by atoms with Gasteiger partial charge >= 0.3 is 0 Å². The van der Waals surface area contributed by atoms with Crippen molar-refractivity contribution in [3.63, 3.8) is 0 Å². The zero-order chi connectivity index (χ0) is 11.5. The van der Waals surface area contributed by atoms with Crippen LogP contribution in [-0.4, -0.2) is 19.1 Å². The lowest BCUT2D eigenvalue weighted by Crippen LogP contribution is -2.39. The fourth-order valence-electron chi connectivity index (χ4n) is 1.93. The largest absolute Gasteiger partial charge is 0.296 e. The first-order valence-electron chi connectivity index (χ1n) is 5.43. The molecule has 0 bridgehead atoms. The van der Waals surface area contributed by atoms with Crippen LogP contribution in [0.4, 0.5) is 0 Å². The number of nitrogens with one attached hydrogen (secondary N) is 1. The maximum absolute atomic E-state index is 11.6. The fraction of sp³-hybridized carbons (Fsp3) is 0.333. The van der Waals surface area contributed by atoms with E-state index in [0.717, 1.165) is 11.0 Å². The zero-order valence-corrected chi connectivity index (χ0v) is 9.19. The van der Waals surface area contributed by atoms with Crippen molar-refractivity contribution in [1.29, 1.82) is 0 Å². The molecule has 0 aromatic heterocycles. The first-order valence-corrected chi connectivity index (χ1v) is 5.43. The van der Waals surface area contributed by atoms with Crippen molar-refractivity contribution in [1.82, 2.24) is 5.32 Å². The van der Waals surface area contributed by atoms with Gasteiger partial charge in [-0.2, -0.15) is 0 Å². The lowest BCUT2D eigenvalue weighted by atomic mass is 9.73. The number of amides is 2. The van der Waals surface area contributed by atoms with Crippen molar-refractivity contribution < 1.29 is 9.59 Å². The summed E-state index contributed by atoms with van der Waals surface area (Å²) >= 11 is 0. The van der Waals surface area contributed by atoms with Gasteiger partial charge in [0.2, 0.25) is 11.8 Å². The van der Waals surface area contributed by atoms with Crippen molar-refractivity contribution in [3.8, 4) is 0 Å². The number of hydrogen-bond donors (Lipinski definition) is 1. The highest BCUT2D eigenvalue weighted by Gasteiger charge is 2.27. The number of carbonyl (C=O) groups excluding carboxylic acids is 2. The summed E-state index contributed by atoms with van der Waals surface area (Å²) in [5.41, 5.74) is 2.12. The van der Waals surface area contributed by atoms with E-state index in [9.17, 15) is 9.59 Å². The van der Waals surface area contributed by atoms with Crippen LogP contribution in [0.25, 0.3) is 0 Å². The molecular weight excluding hydrogens is 201 g/mol. The van der Waals surface area contributed by atoms with Crippen LogP contribution in [-0.2, 0) is 9.59 Å². The number of benzene rings is 1. The van der Waals surface area contributed by atoms with Gasteiger partial charge in [0.1, 0.15) is 7.28 Å². The van der Waals surface area contributed by atoms with Crippen LogP contribution in [0.3, 0.4) is 0 Å². The molecular formula is C12H13BNO2. The van der Waals surface area contributed by atoms with E-state index in [2.05, 4.69) is 5.32 Å². The number of hydrogen-bond acceptors (Lipinski definition) is 2. The number of piperidine rings is 1. The molecule has 1 fully saturated rings. The van der Waals surface area contributed by atoms with Gasteiger partial charge in [0, 0.05) is 6.42 Å². The quantitative estimate of drug-likeness (QED) is 0.578. The Balaban J connectivity index is 2.17. The standard InChI is InChI=1S/C12H13BNO2/c1-13-9-4-2-8(3-5-9)10-6-7-11(15)14-12(10)16/h2-5,10H,6-7H2,1H3,(H,14,15,16). The second-order valence-corrected chi connectivity index (χ2v) is 3.96. The molecule has 0 spiro atoms. The minimum atomic E-state index is -0.177. The molecule has 1 saturated heterocycles. The lowest BCUT2D eigenvalue weighted by Gasteiger charge is -2.21. The van der Waals surface area contributed by atoms with E-state index in [0.29, 0.717) is 12.8 Å². The summed E-state index contributed by atoms with van der Waals surface area (Å²) in [6, 6.07) is 7.88. The van der Waals surface area contributed by atoms with Gasteiger partial charge in [-0.3, -0.25) is 14.9 Å². The summed E-state index contributed by atoms with van der Waals surface area (Å²) in [7, 11) is 2.01. The van der Waals surface area contributed by atoms with E-state index in [4.69, 9.17) is 0 Å². The van der Waals surface area contributed by atoms with Crippen molar-refractivity contribution in [2.75, 3.05) is 0 Å². The molecule has 4 heteroatoms. The first-order chi connectivity index (χ1) is 7.70. The van der Waals surface area contributed by atoms with E-state index in [1.807, 2.05) is 38.4 Å². The molecule has 1 heterocycles. The summed E-state index contributed by atoms with van der Waals surface area (Å²) in [5.74, 6) is -0.521. The molecule has 1 aromatic rings. The molecule has 2 amide bonds. The predicted molar refractivity (Wildman–Crippen MR) is 62.8 cm³/mol. The molecule has 2 rings (SSSR count). The van der Waals surface area contributed by atoms with Crippen LogP contribution in [0.2, 0.25) is 6.82 Å². The Morgan fingerprint density at radius 1 is 1.25 bits per heavy atom. The topological polar surface area (TPSA) is 46.2 Å². The van der Waals surface area contributed by atoms with Gasteiger partial charge in [0.25, 0.3) is 0 Å². The molecule has 1 aliphatic heterocycles. The molecule has 0 saturated carbocycles. The molecule has 81 valence electrons. The lowest BCUT2D eigenvalue weighted by molar-refractivity contribution is -0.134. The Hall–Kier alpha value is -1.58. The third kappa shape index (κ3) is 2.16.